The number of hydrogen-bond donors (Lipinski definition) is 1. The summed E-state index contributed by atoms with van der Waals surface area (Å²) in [4.78, 5) is 0. The summed E-state index contributed by atoms with van der Waals surface area (Å²) in [5.41, 5.74) is 0. The molecule has 1 N–H and O–H groups in total. The van der Waals surface area contributed by atoms with Gasteiger partial charge in [-0.05, 0) is 19.3 Å². The van der Waals surface area contributed by atoms with Gasteiger partial charge < -0.3 is 5.11 Å². The van der Waals surface area contributed by atoms with Gasteiger partial charge in [0.25, 0.3) is 0 Å². The molecule has 0 amide bonds. The molecule has 1 atom stereocenters. The molecule has 78 valence electrons. The first-order valence-electron chi connectivity index (χ1n) is 5.60. The highest BCUT2D eigenvalue weighted by Gasteiger charge is 2.01. The molecule has 0 aromatic rings. The number of hydrogen-bond acceptors (Lipinski definition) is 1. The Kier molecular flexibility index (Phi) is 9.56. The topological polar surface area (TPSA) is 20.2 Å². The monoisotopic (exact) mass is 184 g/mol. The van der Waals surface area contributed by atoms with E-state index in [9.17, 15) is 5.11 Å². The lowest BCUT2D eigenvalue weighted by molar-refractivity contribution is 0.152. The third kappa shape index (κ3) is 9.62. The Labute approximate surface area is 82.9 Å². The molecule has 0 saturated carbocycles. The fourth-order valence-corrected chi connectivity index (χ4v) is 1.44. The smallest absolute Gasteiger partial charge is 0.0543 e. The summed E-state index contributed by atoms with van der Waals surface area (Å²) in [5, 5.41) is 9.49. The fourth-order valence-electron chi connectivity index (χ4n) is 1.44. The van der Waals surface area contributed by atoms with E-state index in [1.807, 2.05) is 6.08 Å². The fraction of sp³-hybridized carbons (Fsp3) is 0.833. The molecule has 0 fully saturated rings. The minimum Gasteiger partial charge on any atom is -0.393 e. The Morgan fingerprint density at radius 3 is 2.46 bits per heavy atom. The lowest BCUT2D eigenvalue weighted by atomic mass is 10.1. The van der Waals surface area contributed by atoms with Crippen LogP contribution in [-0.2, 0) is 0 Å². The molecular weight excluding hydrogens is 160 g/mol. The second-order valence-electron chi connectivity index (χ2n) is 3.72. The standard InChI is InChI=1S/C12H24O/c1-3-5-7-8-9-11-12(13)10-6-4-2/h4,12-13H,2-3,5-11H2,1H3/t12-/m0/s1. The van der Waals surface area contributed by atoms with Crippen LogP contribution in [0.15, 0.2) is 12.7 Å². The molecule has 0 aromatic heterocycles. The Hall–Kier alpha value is -0.300. The minimum atomic E-state index is -0.0976. The first-order valence-corrected chi connectivity index (χ1v) is 5.60. The zero-order valence-corrected chi connectivity index (χ0v) is 8.97. The van der Waals surface area contributed by atoms with E-state index in [1.54, 1.807) is 0 Å². The maximum atomic E-state index is 9.49. The van der Waals surface area contributed by atoms with E-state index in [4.69, 9.17) is 0 Å². The van der Waals surface area contributed by atoms with Gasteiger partial charge in [0.2, 0.25) is 0 Å². The predicted octanol–water partition coefficient (Wildman–Crippen LogP) is 3.67. The van der Waals surface area contributed by atoms with E-state index in [2.05, 4.69) is 13.5 Å². The van der Waals surface area contributed by atoms with Crippen molar-refractivity contribution in [2.24, 2.45) is 0 Å². The summed E-state index contributed by atoms with van der Waals surface area (Å²) in [5.74, 6) is 0. The predicted molar refractivity (Wildman–Crippen MR) is 58.8 cm³/mol. The second kappa shape index (κ2) is 9.79. The van der Waals surface area contributed by atoms with Crippen molar-refractivity contribution < 1.29 is 5.11 Å². The molecule has 13 heavy (non-hydrogen) atoms. The molecule has 0 heterocycles. The van der Waals surface area contributed by atoms with Crippen molar-refractivity contribution in [2.45, 2.75) is 64.4 Å². The van der Waals surface area contributed by atoms with Gasteiger partial charge in [-0.1, -0.05) is 45.1 Å². The van der Waals surface area contributed by atoms with E-state index in [1.165, 1.54) is 32.1 Å². The number of allylic oxidation sites excluding steroid dienone is 1. The first-order chi connectivity index (χ1) is 6.31. The Balaban J connectivity index is 3.07. The Morgan fingerprint density at radius 2 is 1.85 bits per heavy atom. The number of unbranched alkanes of at least 4 members (excludes halogenated alkanes) is 4. The van der Waals surface area contributed by atoms with Gasteiger partial charge in [-0.2, -0.15) is 0 Å². The normalized spacial score (nSPS) is 12.8. The van der Waals surface area contributed by atoms with Crippen molar-refractivity contribution in [2.75, 3.05) is 0 Å². The summed E-state index contributed by atoms with van der Waals surface area (Å²) in [7, 11) is 0. The van der Waals surface area contributed by atoms with Crippen LogP contribution in [0.3, 0.4) is 0 Å². The minimum absolute atomic E-state index is 0.0976. The van der Waals surface area contributed by atoms with Gasteiger partial charge in [-0.3, -0.25) is 0 Å². The highest BCUT2D eigenvalue weighted by Crippen LogP contribution is 2.10. The van der Waals surface area contributed by atoms with Crippen LogP contribution in [0.4, 0.5) is 0 Å². The average Bonchev–Trinajstić information content (AvgIpc) is 2.14. The van der Waals surface area contributed by atoms with E-state index < -0.39 is 0 Å². The van der Waals surface area contributed by atoms with Gasteiger partial charge in [0.05, 0.1) is 6.10 Å². The van der Waals surface area contributed by atoms with Crippen LogP contribution in [0, 0.1) is 0 Å². The third-order valence-corrected chi connectivity index (χ3v) is 2.34. The molecule has 1 nitrogen and oxygen atoms in total. The van der Waals surface area contributed by atoms with Gasteiger partial charge in [0.1, 0.15) is 0 Å². The van der Waals surface area contributed by atoms with Gasteiger partial charge in [0.15, 0.2) is 0 Å². The SMILES string of the molecule is C=CCC[C@H](O)CCCCCCC. The maximum Gasteiger partial charge on any atom is 0.0543 e. The summed E-state index contributed by atoms with van der Waals surface area (Å²) in [6, 6.07) is 0. The molecule has 0 aliphatic rings. The Bertz CT molecular complexity index is 110. The number of aliphatic hydroxyl groups is 1. The molecule has 0 rings (SSSR count). The Morgan fingerprint density at radius 1 is 1.15 bits per heavy atom. The van der Waals surface area contributed by atoms with E-state index in [-0.39, 0.29) is 6.10 Å². The van der Waals surface area contributed by atoms with Crippen molar-refractivity contribution in [3.63, 3.8) is 0 Å². The largest absolute Gasteiger partial charge is 0.393 e. The van der Waals surface area contributed by atoms with Crippen molar-refractivity contribution in [3.8, 4) is 0 Å². The van der Waals surface area contributed by atoms with Crippen LogP contribution in [0.2, 0.25) is 0 Å². The highest BCUT2D eigenvalue weighted by atomic mass is 16.3. The van der Waals surface area contributed by atoms with E-state index in [0.29, 0.717) is 0 Å². The zero-order valence-electron chi connectivity index (χ0n) is 8.97. The van der Waals surface area contributed by atoms with E-state index >= 15 is 0 Å². The molecule has 0 aliphatic heterocycles. The molecule has 1 heteroatoms. The van der Waals surface area contributed by atoms with Crippen LogP contribution >= 0.6 is 0 Å². The maximum absolute atomic E-state index is 9.49. The molecule has 0 unspecified atom stereocenters. The molecule has 0 aliphatic carbocycles. The van der Waals surface area contributed by atoms with Crippen molar-refractivity contribution in [1.29, 1.82) is 0 Å². The summed E-state index contributed by atoms with van der Waals surface area (Å²) in [6.45, 7) is 5.86. The van der Waals surface area contributed by atoms with Crippen LogP contribution in [0.5, 0.6) is 0 Å². The quantitative estimate of drug-likeness (QED) is 0.428. The molecular formula is C12H24O. The summed E-state index contributed by atoms with van der Waals surface area (Å²) < 4.78 is 0. The van der Waals surface area contributed by atoms with Crippen molar-refractivity contribution >= 4 is 0 Å². The molecule has 0 spiro atoms. The molecule has 0 saturated heterocycles. The van der Waals surface area contributed by atoms with Crippen LogP contribution < -0.4 is 0 Å². The van der Waals surface area contributed by atoms with Gasteiger partial charge >= 0.3 is 0 Å². The second-order valence-corrected chi connectivity index (χ2v) is 3.72. The van der Waals surface area contributed by atoms with Crippen molar-refractivity contribution in [1.82, 2.24) is 0 Å². The summed E-state index contributed by atoms with van der Waals surface area (Å²) >= 11 is 0. The van der Waals surface area contributed by atoms with Gasteiger partial charge in [-0.25, -0.2) is 0 Å². The van der Waals surface area contributed by atoms with Crippen molar-refractivity contribution in [3.05, 3.63) is 12.7 Å². The molecule has 0 radical (unpaired) electrons. The highest BCUT2D eigenvalue weighted by molar-refractivity contribution is 4.69. The zero-order chi connectivity index (χ0) is 9.94. The molecule has 0 bridgehead atoms. The summed E-state index contributed by atoms with van der Waals surface area (Å²) in [6.07, 6.45) is 11.0. The number of aliphatic hydroxyl groups excluding tert-OH is 1. The van der Waals surface area contributed by atoms with Gasteiger partial charge in [0, 0.05) is 0 Å². The lowest BCUT2D eigenvalue weighted by Crippen LogP contribution is -2.05. The van der Waals surface area contributed by atoms with Crippen LogP contribution in [0.25, 0.3) is 0 Å². The first kappa shape index (κ1) is 12.7. The van der Waals surface area contributed by atoms with Crippen LogP contribution in [0.1, 0.15) is 58.3 Å². The average molecular weight is 184 g/mol. The third-order valence-electron chi connectivity index (χ3n) is 2.34. The van der Waals surface area contributed by atoms with Gasteiger partial charge in [-0.15, -0.1) is 6.58 Å². The lowest BCUT2D eigenvalue weighted by Gasteiger charge is -2.08. The van der Waals surface area contributed by atoms with E-state index in [0.717, 1.165) is 19.3 Å². The molecule has 0 aromatic carbocycles. The number of rotatable bonds is 9. The van der Waals surface area contributed by atoms with Crippen LogP contribution in [-0.4, -0.2) is 11.2 Å².